The van der Waals surface area contributed by atoms with Gasteiger partial charge in [-0.15, -0.1) is 10.2 Å². The molecular formula is C17H13N3O2. The van der Waals surface area contributed by atoms with Crippen LogP contribution in [0, 0.1) is 0 Å². The predicted octanol–water partition coefficient (Wildman–Crippen LogP) is 2.85. The van der Waals surface area contributed by atoms with E-state index in [4.69, 9.17) is 4.42 Å². The summed E-state index contributed by atoms with van der Waals surface area (Å²) >= 11 is 0. The van der Waals surface area contributed by atoms with Crippen LogP contribution in [0.25, 0.3) is 22.2 Å². The predicted molar refractivity (Wildman–Crippen MR) is 83.8 cm³/mol. The SMILES string of the molecule is O=c1c2cccc(CCc3ccccc3)c2oc2n[nH]nc12. The van der Waals surface area contributed by atoms with Gasteiger partial charge in [0.1, 0.15) is 5.58 Å². The van der Waals surface area contributed by atoms with Crippen LogP contribution in [-0.2, 0) is 12.8 Å². The number of fused-ring (bicyclic) bond motifs is 2. The lowest BCUT2D eigenvalue weighted by Gasteiger charge is -2.05. The Morgan fingerprint density at radius 2 is 1.82 bits per heavy atom. The molecule has 0 fully saturated rings. The van der Waals surface area contributed by atoms with E-state index in [1.807, 2.05) is 30.3 Å². The first kappa shape index (κ1) is 12.8. The van der Waals surface area contributed by atoms with E-state index in [-0.39, 0.29) is 16.7 Å². The van der Waals surface area contributed by atoms with Crippen molar-refractivity contribution in [3.8, 4) is 0 Å². The molecule has 5 heteroatoms. The van der Waals surface area contributed by atoms with Gasteiger partial charge in [0, 0.05) is 0 Å². The Hall–Kier alpha value is -2.95. The van der Waals surface area contributed by atoms with Crippen LogP contribution in [0.15, 0.2) is 57.7 Å². The standard InChI is InChI=1S/C17H13N3O2/c21-15-13-8-4-7-12(10-9-11-5-2-1-3-6-11)16(13)22-17-14(15)18-20-19-17/h1-8H,9-10H2,(H,18,19,20). The number of aryl methyl sites for hydroxylation is 2. The van der Waals surface area contributed by atoms with Gasteiger partial charge in [-0.1, -0.05) is 42.5 Å². The molecule has 0 aliphatic carbocycles. The van der Waals surface area contributed by atoms with Crippen LogP contribution in [-0.4, -0.2) is 15.4 Å². The zero-order chi connectivity index (χ0) is 14.9. The molecule has 2 aromatic heterocycles. The van der Waals surface area contributed by atoms with Gasteiger partial charge in [-0.2, -0.15) is 5.21 Å². The number of H-pyrrole nitrogens is 1. The summed E-state index contributed by atoms with van der Waals surface area (Å²) < 4.78 is 5.78. The number of hydrogen-bond acceptors (Lipinski definition) is 4. The number of benzene rings is 2. The number of aromatic nitrogens is 3. The van der Waals surface area contributed by atoms with Crippen LogP contribution >= 0.6 is 0 Å². The molecule has 0 saturated heterocycles. The quantitative estimate of drug-likeness (QED) is 0.630. The molecule has 0 amide bonds. The van der Waals surface area contributed by atoms with Crippen molar-refractivity contribution in [2.45, 2.75) is 12.8 Å². The fourth-order valence-corrected chi connectivity index (χ4v) is 2.67. The summed E-state index contributed by atoms with van der Waals surface area (Å²) in [5, 5.41) is 10.7. The van der Waals surface area contributed by atoms with Gasteiger partial charge in [-0.3, -0.25) is 4.79 Å². The monoisotopic (exact) mass is 291 g/mol. The average Bonchev–Trinajstić information content (AvgIpc) is 3.03. The number of aromatic amines is 1. The van der Waals surface area contributed by atoms with E-state index < -0.39 is 0 Å². The van der Waals surface area contributed by atoms with E-state index in [1.54, 1.807) is 6.07 Å². The Kier molecular flexibility index (Phi) is 2.96. The minimum Gasteiger partial charge on any atom is -0.435 e. The van der Waals surface area contributed by atoms with E-state index in [1.165, 1.54) is 5.56 Å². The van der Waals surface area contributed by atoms with Gasteiger partial charge < -0.3 is 4.42 Å². The summed E-state index contributed by atoms with van der Waals surface area (Å²) in [6, 6.07) is 15.9. The Morgan fingerprint density at radius 1 is 0.955 bits per heavy atom. The first-order chi connectivity index (χ1) is 10.8. The molecule has 0 spiro atoms. The molecule has 0 saturated carbocycles. The summed E-state index contributed by atoms with van der Waals surface area (Å²) in [7, 11) is 0. The van der Waals surface area contributed by atoms with Crippen LogP contribution in [0.3, 0.4) is 0 Å². The first-order valence-electron chi connectivity index (χ1n) is 7.12. The van der Waals surface area contributed by atoms with Crippen molar-refractivity contribution >= 4 is 22.2 Å². The molecule has 0 radical (unpaired) electrons. The first-order valence-corrected chi connectivity index (χ1v) is 7.12. The van der Waals surface area contributed by atoms with Crippen molar-refractivity contribution < 1.29 is 4.42 Å². The molecule has 4 rings (SSSR count). The van der Waals surface area contributed by atoms with Gasteiger partial charge in [0.25, 0.3) is 5.71 Å². The normalized spacial score (nSPS) is 11.3. The molecular weight excluding hydrogens is 278 g/mol. The third-order valence-corrected chi connectivity index (χ3v) is 3.80. The van der Waals surface area contributed by atoms with Crippen molar-refractivity contribution in [3.63, 3.8) is 0 Å². The number of nitrogens with one attached hydrogen (secondary N) is 1. The lowest BCUT2D eigenvalue weighted by atomic mass is 10.0. The molecule has 0 atom stereocenters. The fraction of sp³-hybridized carbons (Fsp3) is 0.118. The maximum Gasteiger partial charge on any atom is 0.270 e. The van der Waals surface area contributed by atoms with Gasteiger partial charge in [0.2, 0.25) is 5.43 Å². The van der Waals surface area contributed by atoms with E-state index in [2.05, 4.69) is 27.5 Å². The molecule has 2 heterocycles. The highest BCUT2D eigenvalue weighted by Gasteiger charge is 2.13. The Morgan fingerprint density at radius 3 is 2.68 bits per heavy atom. The highest BCUT2D eigenvalue weighted by molar-refractivity contribution is 5.87. The number of para-hydroxylation sites is 1. The molecule has 0 bridgehead atoms. The third kappa shape index (κ3) is 2.07. The fourth-order valence-electron chi connectivity index (χ4n) is 2.67. The summed E-state index contributed by atoms with van der Waals surface area (Å²) in [6.45, 7) is 0. The third-order valence-electron chi connectivity index (χ3n) is 3.80. The van der Waals surface area contributed by atoms with Gasteiger partial charge >= 0.3 is 0 Å². The molecule has 22 heavy (non-hydrogen) atoms. The van der Waals surface area contributed by atoms with Gasteiger partial charge in [-0.05, 0) is 30.0 Å². The maximum absolute atomic E-state index is 12.4. The molecule has 0 aliphatic rings. The second-order valence-corrected chi connectivity index (χ2v) is 5.19. The second kappa shape index (κ2) is 5.11. The summed E-state index contributed by atoms with van der Waals surface area (Å²) in [5.41, 5.74) is 3.21. The summed E-state index contributed by atoms with van der Waals surface area (Å²) in [5.74, 6) is 0. The van der Waals surface area contributed by atoms with Gasteiger partial charge in [-0.25, -0.2) is 0 Å². The van der Waals surface area contributed by atoms with Crippen LogP contribution in [0.4, 0.5) is 0 Å². The minimum absolute atomic E-state index is 0.147. The smallest absolute Gasteiger partial charge is 0.270 e. The number of hydrogen-bond donors (Lipinski definition) is 1. The van der Waals surface area contributed by atoms with Gasteiger partial charge in [0.05, 0.1) is 5.39 Å². The molecule has 2 aromatic carbocycles. The van der Waals surface area contributed by atoms with E-state index >= 15 is 0 Å². The van der Waals surface area contributed by atoms with Crippen LogP contribution < -0.4 is 5.43 Å². The summed E-state index contributed by atoms with van der Waals surface area (Å²) in [6.07, 6.45) is 1.69. The minimum atomic E-state index is -0.147. The zero-order valence-electron chi connectivity index (χ0n) is 11.7. The lowest BCUT2D eigenvalue weighted by Crippen LogP contribution is -2.04. The van der Waals surface area contributed by atoms with Crippen LogP contribution in [0.5, 0.6) is 0 Å². The molecule has 0 aliphatic heterocycles. The van der Waals surface area contributed by atoms with Crippen LogP contribution in [0.2, 0.25) is 0 Å². The van der Waals surface area contributed by atoms with Crippen molar-refractivity contribution in [2.24, 2.45) is 0 Å². The largest absolute Gasteiger partial charge is 0.435 e. The molecule has 5 nitrogen and oxygen atoms in total. The van der Waals surface area contributed by atoms with Crippen molar-refractivity contribution in [1.29, 1.82) is 0 Å². The zero-order valence-corrected chi connectivity index (χ0v) is 11.7. The molecule has 4 aromatic rings. The van der Waals surface area contributed by atoms with Gasteiger partial charge in [0.15, 0.2) is 5.52 Å². The van der Waals surface area contributed by atoms with E-state index in [0.29, 0.717) is 11.0 Å². The number of nitrogens with zero attached hydrogens (tertiary/aromatic N) is 2. The summed E-state index contributed by atoms with van der Waals surface area (Å²) in [4.78, 5) is 12.4. The van der Waals surface area contributed by atoms with E-state index in [0.717, 1.165) is 18.4 Å². The Balaban J connectivity index is 1.80. The van der Waals surface area contributed by atoms with Crippen molar-refractivity contribution in [1.82, 2.24) is 15.4 Å². The topological polar surface area (TPSA) is 71.8 Å². The van der Waals surface area contributed by atoms with E-state index in [9.17, 15) is 4.79 Å². The molecule has 0 unspecified atom stereocenters. The van der Waals surface area contributed by atoms with Crippen LogP contribution in [0.1, 0.15) is 11.1 Å². The Labute approximate surface area is 125 Å². The average molecular weight is 291 g/mol. The maximum atomic E-state index is 12.4. The van der Waals surface area contributed by atoms with Crippen molar-refractivity contribution in [2.75, 3.05) is 0 Å². The second-order valence-electron chi connectivity index (χ2n) is 5.19. The van der Waals surface area contributed by atoms with Crippen molar-refractivity contribution in [3.05, 3.63) is 69.9 Å². The highest BCUT2D eigenvalue weighted by atomic mass is 16.3. The Bertz CT molecular complexity index is 1000. The molecule has 108 valence electrons. The lowest BCUT2D eigenvalue weighted by molar-refractivity contribution is 0.635. The highest BCUT2D eigenvalue weighted by Crippen LogP contribution is 2.21. The number of rotatable bonds is 3. The molecule has 1 N–H and O–H groups in total.